The Bertz CT molecular complexity index is 112. The van der Waals surface area contributed by atoms with Crippen LogP contribution in [0.3, 0.4) is 0 Å². The van der Waals surface area contributed by atoms with Crippen LogP contribution in [0, 0.1) is 0 Å². The summed E-state index contributed by atoms with van der Waals surface area (Å²) in [7, 11) is 2.83. The molecule has 0 rings (SSSR count). The standard InChI is InChI=1S/C7H18I3N2/c1-10(8,9)11-6-4-5-7-12(2)3/h11H,4-7H2,1-3H3/q-1. The van der Waals surface area contributed by atoms with Gasteiger partial charge in [0.1, 0.15) is 0 Å². The molecule has 0 heterocycles. The summed E-state index contributed by atoms with van der Waals surface area (Å²) in [5.41, 5.74) is 0. The summed E-state index contributed by atoms with van der Waals surface area (Å²) in [6, 6.07) is 0. The maximum atomic E-state index is 3.63. The van der Waals surface area contributed by atoms with Crippen LogP contribution in [0.15, 0.2) is 0 Å². The molecule has 1 N–H and O–H groups in total. The van der Waals surface area contributed by atoms with Crippen LogP contribution in [0.2, 0.25) is 0 Å². The molecule has 0 aromatic heterocycles. The fourth-order valence-electron chi connectivity index (χ4n) is 0.786. The third-order valence-electron chi connectivity index (χ3n) is 1.36. The van der Waals surface area contributed by atoms with Gasteiger partial charge in [-0.1, -0.05) is 0 Å². The second kappa shape index (κ2) is 7.41. The van der Waals surface area contributed by atoms with E-state index in [1.165, 1.54) is 25.9 Å². The quantitative estimate of drug-likeness (QED) is 0.221. The summed E-state index contributed by atoms with van der Waals surface area (Å²) in [5, 5.41) is 0. The second-order valence-corrected chi connectivity index (χ2v) is 40.0. The van der Waals surface area contributed by atoms with Gasteiger partial charge in [0, 0.05) is 0 Å². The molecule has 0 aliphatic rings. The van der Waals surface area contributed by atoms with Crippen molar-refractivity contribution in [2.75, 3.05) is 32.1 Å². The van der Waals surface area contributed by atoms with E-state index < -0.39 is 10.8 Å². The van der Waals surface area contributed by atoms with E-state index in [-0.39, 0.29) is 0 Å². The number of hydrogen-bond donors (Lipinski definition) is 1. The summed E-state index contributed by atoms with van der Waals surface area (Å²) < 4.78 is 3.63. The van der Waals surface area contributed by atoms with Crippen molar-refractivity contribution >= 4 is 37.2 Å². The van der Waals surface area contributed by atoms with E-state index in [1.54, 1.807) is 0 Å². The van der Waals surface area contributed by atoms with Gasteiger partial charge in [-0.3, -0.25) is 0 Å². The Morgan fingerprint density at radius 3 is 2.25 bits per heavy atom. The predicted octanol–water partition coefficient (Wildman–Crippen LogP) is -0.677. The average Bonchev–Trinajstić information content (AvgIpc) is 1.83. The van der Waals surface area contributed by atoms with E-state index in [0.29, 0.717) is 0 Å². The van der Waals surface area contributed by atoms with E-state index in [9.17, 15) is 0 Å². The first-order chi connectivity index (χ1) is 5.42. The molecule has 0 aliphatic carbocycles. The van der Waals surface area contributed by atoms with Crippen LogP contribution in [-0.2, 0) is 0 Å². The molecule has 0 spiro atoms. The second-order valence-electron chi connectivity index (χ2n) is 3.07. The van der Waals surface area contributed by atoms with Gasteiger partial charge in [-0.15, -0.1) is 0 Å². The third kappa shape index (κ3) is 12.1. The molecule has 0 atom stereocenters. The normalized spacial score (nSPS) is 13.8. The molecule has 78 valence electrons. The van der Waals surface area contributed by atoms with Crippen molar-refractivity contribution in [1.82, 2.24) is 8.43 Å². The molecule has 0 aromatic rings. The average molecular weight is 511 g/mol. The van der Waals surface area contributed by atoms with Crippen LogP contribution in [0.5, 0.6) is 0 Å². The van der Waals surface area contributed by atoms with Crippen molar-refractivity contribution in [1.29, 1.82) is 0 Å². The zero-order valence-electron chi connectivity index (χ0n) is 7.91. The minimum absolute atomic E-state index is 1.20. The Kier molecular flexibility index (Phi) is 8.71. The predicted molar refractivity (Wildman–Crippen MR) is 69.8 cm³/mol. The minimum atomic E-state index is -1.44. The zero-order valence-corrected chi connectivity index (χ0v) is 14.4. The number of rotatable bonds is 6. The molecule has 0 saturated carbocycles. The van der Waals surface area contributed by atoms with Crippen LogP contribution < -0.4 is 14.3 Å². The SMILES string of the molecule is CN(C)CCCCN[I-](C)(I)I. The van der Waals surface area contributed by atoms with Crippen LogP contribution in [0.25, 0.3) is 0 Å². The molecular weight excluding hydrogens is 493 g/mol. The van der Waals surface area contributed by atoms with E-state index in [1.807, 2.05) is 0 Å². The monoisotopic (exact) mass is 511 g/mol. The van der Waals surface area contributed by atoms with E-state index >= 15 is 0 Å². The van der Waals surface area contributed by atoms with Crippen molar-refractivity contribution in [3.63, 3.8) is 0 Å². The molecule has 12 heavy (non-hydrogen) atoms. The Hall–Kier alpha value is 2.11. The molecule has 0 unspecified atom stereocenters. The molecule has 0 amide bonds. The molecule has 0 bridgehead atoms. The Morgan fingerprint density at radius 2 is 1.83 bits per heavy atom. The summed E-state index contributed by atoms with van der Waals surface area (Å²) in [4.78, 5) is 4.60. The van der Waals surface area contributed by atoms with Crippen LogP contribution in [-0.4, -0.2) is 37.0 Å². The summed E-state index contributed by atoms with van der Waals surface area (Å²) in [5.74, 6) is 0. The Labute approximate surface area is 99.8 Å². The number of nitrogens with zero attached hydrogens (tertiary/aromatic N) is 1. The van der Waals surface area contributed by atoms with Crippen molar-refractivity contribution < 1.29 is 10.8 Å². The van der Waals surface area contributed by atoms with E-state index in [2.05, 4.69) is 64.7 Å². The molecule has 0 saturated heterocycles. The topological polar surface area (TPSA) is 15.3 Å². The first kappa shape index (κ1) is 14.1. The third-order valence-corrected chi connectivity index (χ3v) is 7.11. The maximum absolute atomic E-state index is 3.63. The van der Waals surface area contributed by atoms with Gasteiger partial charge < -0.3 is 0 Å². The van der Waals surface area contributed by atoms with Gasteiger partial charge in [-0.2, -0.15) is 0 Å². The summed E-state index contributed by atoms with van der Waals surface area (Å²) in [6.07, 6.45) is 2.62. The van der Waals surface area contributed by atoms with Crippen molar-refractivity contribution in [3.8, 4) is 0 Å². The number of unbranched alkanes of at least 4 members (excludes halogenated alkanes) is 1. The van der Waals surface area contributed by atoms with Gasteiger partial charge in [-0.05, 0) is 0 Å². The first-order valence-electron chi connectivity index (χ1n) is 3.92. The van der Waals surface area contributed by atoms with Gasteiger partial charge in [-0.25, -0.2) is 0 Å². The van der Waals surface area contributed by atoms with E-state index in [0.717, 1.165) is 0 Å². The zero-order chi connectivity index (χ0) is 9.61. The van der Waals surface area contributed by atoms with Crippen LogP contribution in [0.4, 0.5) is 0 Å². The Balaban J connectivity index is 3.12. The first-order valence-corrected chi connectivity index (χ1v) is 19.7. The van der Waals surface area contributed by atoms with Gasteiger partial charge in [0.05, 0.1) is 0 Å². The van der Waals surface area contributed by atoms with Gasteiger partial charge in [0.2, 0.25) is 0 Å². The molecule has 5 heteroatoms. The fourth-order valence-corrected chi connectivity index (χ4v) is 4.85. The molecular formula is C7H18I3N2-. The van der Waals surface area contributed by atoms with Gasteiger partial charge in [0.25, 0.3) is 0 Å². The number of halogens is 3. The molecule has 2 nitrogen and oxygen atoms in total. The number of hydrogen-bond acceptors (Lipinski definition) is 2. The van der Waals surface area contributed by atoms with Crippen molar-refractivity contribution in [2.45, 2.75) is 12.8 Å². The fraction of sp³-hybridized carbons (Fsp3) is 1.00. The van der Waals surface area contributed by atoms with Crippen LogP contribution >= 0.6 is 37.2 Å². The summed E-state index contributed by atoms with van der Waals surface area (Å²) in [6.45, 7) is 2.42. The van der Waals surface area contributed by atoms with Crippen molar-refractivity contribution in [3.05, 3.63) is 0 Å². The van der Waals surface area contributed by atoms with Crippen molar-refractivity contribution in [2.24, 2.45) is 0 Å². The van der Waals surface area contributed by atoms with Gasteiger partial charge >= 0.3 is 101 Å². The molecule has 0 radical (unpaired) electrons. The summed E-state index contributed by atoms with van der Waals surface area (Å²) >= 11 is 5.17. The molecule has 0 aliphatic heterocycles. The number of alkyl halides is 1. The molecule has 0 fully saturated rings. The molecule has 0 aromatic carbocycles. The van der Waals surface area contributed by atoms with E-state index in [4.69, 9.17) is 0 Å². The van der Waals surface area contributed by atoms with Gasteiger partial charge in [0.15, 0.2) is 0 Å². The van der Waals surface area contributed by atoms with Crippen LogP contribution in [0.1, 0.15) is 12.8 Å². The Morgan fingerprint density at radius 1 is 1.25 bits per heavy atom. The number of nitrogens with one attached hydrogen (secondary N) is 1.